The van der Waals surface area contributed by atoms with Crippen LogP contribution in [0.1, 0.15) is 11.3 Å². The average molecular weight is 735 g/mol. The number of aromatic nitrogens is 4. The Hall–Kier alpha value is -7.08. The molecular weight excluding hydrogens is 701 g/mol. The first-order valence-corrected chi connectivity index (χ1v) is 19.7. The van der Waals surface area contributed by atoms with Gasteiger partial charge in [0, 0.05) is 69.9 Å². The van der Waals surface area contributed by atoms with Crippen molar-refractivity contribution in [1.82, 2.24) is 19.1 Å². The number of hydrogen-bond acceptors (Lipinski definition) is 3. The summed E-state index contributed by atoms with van der Waals surface area (Å²) in [5.41, 5.74) is 12.0. The van der Waals surface area contributed by atoms with Crippen molar-refractivity contribution >= 4 is 81.2 Å². The van der Waals surface area contributed by atoms with Crippen LogP contribution < -0.4 is 0 Å². The van der Waals surface area contributed by atoms with Crippen molar-refractivity contribution in [3.05, 3.63) is 188 Å². The summed E-state index contributed by atoms with van der Waals surface area (Å²) in [7, 11) is 0. The number of benzene rings is 7. The maximum absolute atomic E-state index is 5.16. The van der Waals surface area contributed by atoms with Crippen LogP contribution in [-0.2, 0) is 0 Å². The summed E-state index contributed by atoms with van der Waals surface area (Å²) >= 11 is 1.88. The van der Waals surface area contributed by atoms with Crippen molar-refractivity contribution in [2.75, 3.05) is 0 Å². The Balaban J connectivity index is 1.18. The number of fused-ring (bicyclic) bond motifs is 9. The number of nitrogens with zero attached hydrogens (tertiary/aromatic N) is 4. The van der Waals surface area contributed by atoms with Gasteiger partial charge in [-0.3, -0.25) is 0 Å². The molecule has 0 amide bonds. The summed E-state index contributed by atoms with van der Waals surface area (Å²) < 4.78 is 7.43. The highest BCUT2D eigenvalue weighted by atomic mass is 32.1. The van der Waals surface area contributed by atoms with Crippen molar-refractivity contribution in [3.63, 3.8) is 0 Å². The molecule has 4 nitrogen and oxygen atoms in total. The SMILES string of the molecule is C=C/C=C\c1c(C)c2cc3c4c5sc6ccccc6c5ccc4n(-c4ccc(-c5nc(-c6ccccc6)c6ccccc6n5)cc4)c3cc2n1-c1ccccc1. The molecule has 0 spiro atoms. The van der Waals surface area contributed by atoms with Crippen LogP contribution in [0, 0.1) is 6.92 Å². The first kappa shape index (κ1) is 32.4. The van der Waals surface area contributed by atoms with Gasteiger partial charge in [-0.15, -0.1) is 11.3 Å². The fraction of sp³-hybridized carbons (Fsp3) is 0.0196. The van der Waals surface area contributed by atoms with Crippen LogP contribution in [0.2, 0.25) is 0 Å². The summed E-state index contributed by atoms with van der Waals surface area (Å²) in [6.45, 7) is 6.21. The Kier molecular flexibility index (Phi) is 7.37. The summed E-state index contributed by atoms with van der Waals surface area (Å²) in [6.07, 6.45) is 6.05. The molecule has 0 N–H and O–H groups in total. The standard InChI is InChI=1S/C51H34N4S/c1-3-4-22-43-32(2)40-30-41-46(31-45(40)54(43)35-17-9-6-10-18-35)55(44-29-28-38-37-19-12-14-23-47(37)56-50(38)48(41)44)36-26-24-34(25-27-36)51-52-42-21-13-11-20-39(42)49(53-51)33-15-7-5-8-16-33/h3-31H,1H2,2H3/b22-4-. The molecule has 0 atom stereocenters. The van der Waals surface area contributed by atoms with Gasteiger partial charge < -0.3 is 9.13 Å². The highest BCUT2D eigenvalue weighted by Gasteiger charge is 2.22. The third-order valence-electron chi connectivity index (χ3n) is 11.1. The molecule has 0 aliphatic rings. The first-order chi connectivity index (χ1) is 27.7. The Labute approximate surface area is 327 Å². The summed E-state index contributed by atoms with van der Waals surface area (Å²) in [6, 6.07) is 56.3. The highest BCUT2D eigenvalue weighted by molar-refractivity contribution is 7.26. The van der Waals surface area contributed by atoms with Gasteiger partial charge in [0.25, 0.3) is 0 Å². The van der Waals surface area contributed by atoms with Gasteiger partial charge in [-0.2, -0.15) is 0 Å². The minimum atomic E-state index is 0.710. The van der Waals surface area contributed by atoms with Gasteiger partial charge in [0.05, 0.1) is 27.8 Å². The van der Waals surface area contributed by atoms with Crippen LogP contribution in [0.4, 0.5) is 0 Å². The Bertz CT molecular complexity index is 3370. The predicted molar refractivity (Wildman–Crippen MR) is 238 cm³/mol. The quantitative estimate of drug-likeness (QED) is 0.159. The van der Waals surface area contributed by atoms with Crippen molar-refractivity contribution < 1.29 is 0 Å². The molecule has 0 radical (unpaired) electrons. The zero-order valence-electron chi connectivity index (χ0n) is 30.6. The lowest BCUT2D eigenvalue weighted by molar-refractivity contribution is 1.10. The van der Waals surface area contributed by atoms with E-state index >= 15 is 0 Å². The van der Waals surface area contributed by atoms with E-state index in [4.69, 9.17) is 9.97 Å². The molecule has 4 aromatic heterocycles. The molecule has 264 valence electrons. The molecule has 0 bridgehead atoms. The zero-order valence-corrected chi connectivity index (χ0v) is 31.5. The molecule has 56 heavy (non-hydrogen) atoms. The van der Waals surface area contributed by atoms with E-state index in [-0.39, 0.29) is 0 Å². The van der Waals surface area contributed by atoms with E-state index in [1.54, 1.807) is 0 Å². The topological polar surface area (TPSA) is 35.6 Å². The number of rotatable bonds is 6. The number of allylic oxidation sites excluding steroid dienone is 2. The molecule has 0 aliphatic carbocycles. The molecule has 0 aliphatic heterocycles. The highest BCUT2D eigenvalue weighted by Crippen LogP contribution is 2.45. The Morgan fingerprint density at radius 1 is 0.554 bits per heavy atom. The van der Waals surface area contributed by atoms with E-state index < -0.39 is 0 Å². The van der Waals surface area contributed by atoms with E-state index in [0.29, 0.717) is 5.82 Å². The molecule has 11 rings (SSSR count). The van der Waals surface area contributed by atoms with Gasteiger partial charge in [-0.25, -0.2) is 9.97 Å². The molecule has 0 fully saturated rings. The van der Waals surface area contributed by atoms with Crippen LogP contribution in [0.15, 0.2) is 176 Å². The van der Waals surface area contributed by atoms with Crippen LogP contribution >= 0.6 is 11.3 Å². The molecule has 11 aromatic rings. The van der Waals surface area contributed by atoms with Crippen molar-refractivity contribution in [3.8, 4) is 34.0 Å². The Morgan fingerprint density at radius 3 is 2.05 bits per heavy atom. The minimum Gasteiger partial charge on any atom is -0.310 e. The van der Waals surface area contributed by atoms with Crippen LogP contribution in [0.25, 0.3) is 104 Å². The maximum atomic E-state index is 5.16. The molecule has 0 saturated carbocycles. The molecule has 5 heteroatoms. The zero-order chi connectivity index (χ0) is 37.3. The largest absolute Gasteiger partial charge is 0.310 e. The van der Waals surface area contributed by atoms with E-state index in [1.807, 2.05) is 35.6 Å². The third-order valence-corrected chi connectivity index (χ3v) is 12.3. The summed E-state index contributed by atoms with van der Waals surface area (Å²) in [5, 5.41) is 7.40. The van der Waals surface area contributed by atoms with Gasteiger partial charge in [-0.1, -0.05) is 110 Å². The van der Waals surface area contributed by atoms with Gasteiger partial charge >= 0.3 is 0 Å². The summed E-state index contributed by atoms with van der Waals surface area (Å²) in [5.74, 6) is 0.710. The van der Waals surface area contributed by atoms with Crippen molar-refractivity contribution in [1.29, 1.82) is 0 Å². The van der Waals surface area contributed by atoms with Crippen LogP contribution in [0.5, 0.6) is 0 Å². The fourth-order valence-corrected chi connectivity index (χ4v) is 9.77. The van der Waals surface area contributed by atoms with E-state index in [0.717, 1.165) is 55.8 Å². The van der Waals surface area contributed by atoms with Crippen molar-refractivity contribution in [2.45, 2.75) is 6.92 Å². The molecule has 0 unspecified atom stereocenters. The monoisotopic (exact) mass is 734 g/mol. The number of hydrogen-bond donors (Lipinski definition) is 0. The second kappa shape index (κ2) is 12.8. The average Bonchev–Trinajstić information content (AvgIpc) is 3.89. The molecule has 7 aromatic carbocycles. The van der Waals surface area contributed by atoms with Gasteiger partial charge in [0.15, 0.2) is 5.82 Å². The number of aryl methyl sites for hydroxylation is 1. The number of para-hydroxylation sites is 2. The van der Waals surface area contributed by atoms with Gasteiger partial charge in [-0.05, 0) is 85.3 Å². The lowest BCUT2D eigenvalue weighted by Crippen LogP contribution is -1.98. The van der Waals surface area contributed by atoms with Gasteiger partial charge in [0.2, 0.25) is 0 Å². The first-order valence-electron chi connectivity index (χ1n) is 18.9. The maximum Gasteiger partial charge on any atom is 0.160 e. The Morgan fingerprint density at radius 2 is 1.25 bits per heavy atom. The minimum absolute atomic E-state index is 0.710. The van der Waals surface area contributed by atoms with Crippen LogP contribution in [-0.4, -0.2) is 19.1 Å². The number of thiophene rings is 1. The van der Waals surface area contributed by atoms with Gasteiger partial charge in [0.1, 0.15) is 0 Å². The molecule has 0 saturated heterocycles. The van der Waals surface area contributed by atoms with E-state index in [9.17, 15) is 0 Å². The second-order valence-corrected chi connectivity index (χ2v) is 15.3. The second-order valence-electron chi connectivity index (χ2n) is 14.3. The van der Waals surface area contributed by atoms with Crippen LogP contribution in [0.3, 0.4) is 0 Å². The van der Waals surface area contributed by atoms with E-state index in [2.05, 4.69) is 174 Å². The lowest BCUT2D eigenvalue weighted by atomic mass is 10.1. The normalized spacial score (nSPS) is 12.0. The molecular formula is C51H34N4S. The third kappa shape index (κ3) is 4.91. The smallest absolute Gasteiger partial charge is 0.160 e. The predicted octanol–water partition coefficient (Wildman–Crippen LogP) is 13.9. The van der Waals surface area contributed by atoms with Crippen molar-refractivity contribution in [2.24, 2.45) is 0 Å². The van der Waals surface area contributed by atoms with E-state index in [1.165, 1.54) is 47.4 Å². The summed E-state index contributed by atoms with van der Waals surface area (Å²) in [4.78, 5) is 10.2. The fourth-order valence-electron chi connectivity index (χ4n) is 8.51. The molecule has 4 heterocycles. The lowest BCUT2D eigenvalue weighted by Gasteiger charge is -2.12.